The van der Waals surface area contributed by atoms with Gasteiger partial charge in [-0.15, -0.1) is 11.3 Å². The quantitative estimate of drug-likeness (QED) is 0.896. The first kappa shape index (κ1) is 13.0. The van der Waals surface area contributed by atoms with Gasteiger partial charge in [0.25, 0.3) is 0 Å². The topological polar surface area (TPSA) is 42.2 Å². The highest BCUT2D eigenvalue weighted by Crippen LogP contribution is 2.25. The molecule has 1 saturated heterocycles. The molecule has 4 heteroatoms. The molecule has 1 aliphatic rings. The van der Waals surface area contributed by atoms with E-state index < -0.39 is 0 Å². The molecule has 17 heavy (non-hydrogen) atoms. The van der Waals surface area contributed by atoms with Crippen molar-refractivity contribution < 1.29 is 0 Å². The van der Waals surface area contributed by atoms with Crippen LogP contribution in [-0.2, 0) is 13.1 Å². The maximum Gasteiger partial charge on any atom is 0.107 e. The van der Waals surface area contributed by atoms with E-state index in [4.69, 9.17) is 5.73 Å². The molecule has 1 aromatic rings. The maximum atomic E-state index is 5.58. The Morgan fingerprint density at radius 2 is 2.18 bits per heavy atom. The minimum Gasteiger partial charge on any atom is -0.325 e. The average Bonchev–Trinajstić information content (AvgIpc) is 2.77. The second-order valence-electron chi connectivity index (χ2n) is 5.29. The second kappa shape index (κ2) is 5.94. The number of hydrogen-bond acceptors (Lipinski definition) is 4. The first-order valence-electron chi connectivity index (χ1n) is 6.54. The van der Waals surface area contributed by atoms with Crippen LogP contribution in [0.2, 0.25) is 0 Å². The van der Waals surface area contributed by atoms with E-state index in [1.807, 2.05) is 0 Å². The maximum absolute atomic E-state index is 5.58. The summed E-state index contributed by atoms with van der Waals surface area (Å²) in [4.78, 5) is 7.05. The summed E-state index contributed by atoms with van der Waals surface area (Å²) in [6.07, 6.45) is 2.68. The van der Waals surface area contributed by atoms with Crippen molar-refractivity contribution in [1.82, 2.24) is 9.88 Å². The molecule has 1 fully saturated rings. The van der Waals surface area contributed by atoms with Crippen molar-refractivity contribution in [1.29, 1.82) is 0 Å². The Kier molecular flexibility index (Phi) is 4.54. The molecule has 2 rings (SSSR count). The number of hydrogen-bond donors (Lipinski definition) is 1. The summed E-state index contributed by atoms with van der Waals surface area (Å²) < 4.78 is 0. The Morgan fingerprint density at radius 3 is 2.71 bits per heavy atom. The summed E-state index contributed by atoms with van der Waals surface area (Å²) in [5, 5.41) is 3.30. The molecule has 0 unspecified atom stereocenters. The van der Waals surface area contributed by atoms with Crippen molar-refractivity contribution >= 4 is 11.3 Å². The minimum atomic E-state index is 0.561. The molecule has 0 aromatic carbocycles. The third-order valence-electron chi connectivity index (χ3n) is 3.74. The largest absolute Gasteiger partial charge is 0.325 e. The van der Waals surface area contributed by atoms with Gasteiger partial charge in [-0.2, -0.15) is 0 Å². The highest BCUT2D eigenvalue weighted by molar-refractivity contribution is 7.09. The molecular formula is C13H23N3S. The number of aromatic nitrogens is 1. The summed E-state index contributed by atoms with van der Waals surface area (Å²) in [6.45, 7) is 8.70. The summed E-state index contributed by atoms with van der Waals surface area (Å²) >= 11 is 1.74. The normalized spacial score (nSPS) is 19.1. The van der Waals surface area contributed by atoms with Crippen molar-refractivity contribution in [3.8, 4) is 0 Å². The lowest BCUT2D eigenvalue weighted by atomic mass is 9.87. The Morgan fingerprint density at radius 1 is 1.47 bits per heavy atom. The van der Waals surface area contributed by atoms with Crippen LogP contribution < -0.4 is 5.73 Å². The van der Waals surface area contributed by atoms with Crippen molar-refractivity contribution in [2.24, 2.45) is 17.6 Å². The van der Waals surface area contributed by atoms with Gasteiger partial charge in [0.05, 0.1) is 12.2 Å². The fourth-order valence-corrected chi connectivity index (χ4v) is 3.33. The predicted molar refractivity (Wildman–Crippen MR) is 72.8 cm³/mol. The number of nitrogens with zero attached hydrogens (tertiary/aromatic N) is 2. The Hall–Kier alpha value is -0.450. The SMILES string of the molecule is CC(C)C1CCN(Cc2nc(CN)cs2)CC1. The molecule has 0 atom stereocenters. The molecule has 1 aliphatic heterocycles. The number of rotatable bonds is 4. The summed E-state index contributed by atoms with van der Waals surface area (Å²) in [7, 11) is 0. The Balaban J connectivity index is 1.81. The number of likely N-dealkylation sites (tertiary alicyclic amines) is 1. The molecule has 2 N–H and O–H groups in total. The number of nitrogens with two attached hydrogens (primary N) is 1. The Bertz CT molecular complexity index is 340. The molecular weight excluding hydrogens is 230 g/mol. The average molecular weight is 253 g/mol. The van der Waals surface area contributed by atoms with Gasteiger partial charge in [-0.25, -0.2) is 4.98 Å². The summed E-state index contributed by atoms with van der Waals surface area (Å²) in [5.41, 5.74) is 6.61. The molecule has 0 amide bonds. The summed E-state index contributed by atoms with van der Waals surface area (Å²) in [6, 6.07) is 0. The monoisotopic (exact) mass is 253 g/mol. The van der Waals surface area contributed by atoms with Gasteiger partial charge < -0.3 is 5.73 Å². The molecule has 2 heterocycles. The number of piperidine rings is 1. The highest BCUT2D eigenvalue weighted by atomic mass is 32.1. The standard InChI is InChI=1S/C13H23N3S/c1-10(2)11-3-5-16(6-4-11)8-13-15-12(7-14)9-17-13/h9-11H,3-8,14H2,1-2H3. The zero-order valence-corrected chi connectivity index (χ0v) is 11.7. The fourth-order valence-electron chi connectivity index (χ4n) is 2.48. The van der Waals surface area contributed by atoms with Gasteiger partial charge in [0.15, 0.2) is 0 Å². The van der Waals surface area contributed by atoms with Crippen LogP contribution in [0, 0.1) is 11.8 Å². The minimum absolute atomic E-state index is 0.561. The van der Waals surface area contributed by atoms with E-state index in [0.29, 0.717) is 6.54 Å². The van der Waals surface area contributed by atoms with E-state index in [1.165, 1.54) is 30.9 Å². The van der Waals surface area contributed by atoms with Crippen LogP contribution in [0.3, 0.4) is 0 Å². The van der Waals surface area contributed by atoms with E-state index in [2.05, 4.69) is 29.1 Å². The molecule has 3 nitrogen and oxygen atoms in total. The van der Waals surface area contributed by atoms with Gasteiger partial charge in [-0.1, -0.05) is 13.8 Å². The molecule has 0 spiro atoms. The van der Waals surface area contributed by atoms with E-state index >= 15 is 0 Å². The van der Waals surface area contributed by atoms with Gasteiger partial charge in [-0.05, 0) is 37.8 Å². The molecule has 0 aliphatic carbocycles. The third-order valence-corrected chi connectivity index (χ3v) is 4.62. The van der Waals surface area contributed by atoms with Gasteiger partial charge in [0.2, 0.25) is 0 Å². The van der Waals surface area contributed by atoms with Crippen molar-refractivity contribution in [2.45, 2.75) is 39.8 Å². The second-order valence-corrected chi connectivity index (χ2v) is 6.24. The van der Waals surface area contributed by atoms with Crippen molar-refractivity contribution in [3.63, 3.8) is 0 Å². The van der Waals surface area contributed by atoms with E-state index in [-0.39, 0.29) is 0 Å². The van der Waals surface area contributed by atoms with Crippen LogP contribution in [0.4, 0.5) is 0 Å². The lowest BCUT2D eigenvalue weighted by Gasteiger charge is -2.33. The smallest absolute Gasteiger partial charge is 0.107 e. The fraction of sp³-hybridized carbons (Fsp3) is 0.769. The van der Waals surface area contributed by atoms with Crippen LogP contribution in [0.5, 0.6) is 0 Å². The van der Waals surface area contributed by atoms with Crippen molar-refractivity contribution in [2.75, 3.05) is 13.1 Å². The van der Waals surface area contributed by atoms with Crippen LogP contribution in [-0.4, -0.2) is 23.0 Å². The van der Waals surface area contributed by atoms with E-state index in [0.717, 1.165) is 24.1 Å². The van der Waals surface area contributed by atoms with Crippen LogP contribution in [0.25, 0.3) is 0 Å². The first-order valence-corrected chi connectivity index (χ1v) is 7.42. The van der Waals surface area contributed by atoms with E-state index in [9.17, 15) is 0 Å². The highest BCUT2D eigenvalue weighted by Gasteiger charge is 2.21. The predicted octanol–water partition coefficient (Wildman–Crippen LogP) is 2.47. The van der Waals surface area contributed by atoms with Gasteiger partial charge in [0, 0.05) is 11.9 Å². The lowest BCUT2D eigenvalue weighted by molar-refractivity contribution is 0.152. The van der Waals surface area contributed by atoms with Gasteiger partial charge in [0.1, 0.15) is 5.01 Å². The van der Waals surface area contributed by atoms with Gasteiger partial charge in [-0.3, -0.25) is 4.90 Å². The zero-order valence-electron chi connectivity index (χ0n) is 10.9. The van der Waals surface area contributed by atoms with Crippen LogP contribution in [0.15, 0.2) is 5.38 Å². The molecule has 96 valence electrons. The number of thiazole rings is 1. The van der Waals surface area contributed by atoms with Crippen molar-refractivity contribution in [3.05, 3.63) is 16.1 Å². The summed E-state index contributed by atoms with van der Waals surface area (Å²) in [5.74, 6) is 1.75. The molecule has 0 bridgehead atoms. The lowest BCUT2D eigenvalue weighted by Crippen LogP contribution is -2.34. The van der Waals surface area contributed by atoms with Crippen LogP contribution in [0.1, 0.15) is 37.4 Å². The van der Waals surface area contributed by atoms with Gasteiger partial charge >= 0.3 is 0 Å². The van der Waals surface area contributed by atoms with Crippen LogP contribution >= 0.6 is 11.3 Å². The zero-order chi connectivity index (χ0) is 12.3. The Labute approximate surface area is 108 Å². The molecule has 0 saturated carbocycles. The third kappa shape index (κ3) is 3.50. The molecule has 0 radical (unpaired) electrons. The van der Waals surface area contributed by atoms with E-state index in [1.54, 1.807) is 11.3 Å². The first-order chi connectivity index (χ1) is 8.19. The molecule has 1 aromatic heterocycles.